The fourth-order valence-corrected chi connectivity index (χ4v) is 6.12. The smallest absolute Gasteiger partial charge is 0.220 e. The fraction of sp³-hybridized carbons (Fsp3) is 0.588. The highest BCUT2D eigenvalue weighted by Crippen LogP contribution is 2.39. The predicted molar refractivity (Wildman–Crippen MR) is 164 cm³/mol. The molecule has 0 bridgehead atoms. The molecule has 3 aliphatic heterocycles. The summed E-state index contributed by atoms with van der Waals surface area (Å²) in [6.45, 7) is 6.59. The normalized spacial score (nSPS) is 23.5. The molecule has 0 radical (unpaired) electrons. The highest BCUT2D eigenvalue weighted by molar-refractivity contribution is 5.75. The molecule has 3 saturated heterocycles. The number of carbonyl (C=O) groups is 2. The number of hydrogen-bond acceptors (Lipinski definition) is 8. The molecule has 0 unspecified atom stereocenters. The number of nitrogens with zero attached hydrogens (tertiary/aromatic N) is 1. The van der Waals surface area contributed by atoms with Crippen LogP contribution in [0.25, 0.3) is 0 Å². The van der Waals surface area contributed by atoms with E-state index < -0.39 is 12.1 Å². The lowest BCUT2D eigenvalue weighted by molar-refractivity contribution is -0.255. The number of aliphatic hydroxyl groups excluding tert-OH is 1. The van der Waals surface area contributed by atoms with Gasteiger partial charge in [-0.2, -0.15) is 0 Å². The van der Waals surface area contributed by atoms with Crippen LogP contribution < -0.4 is 10.6 Å². The standard InChI is InChI=1S/C34H47N3O7/c1-25(39)35-16-4-2-3-5-32(40)36-22-26-6-12-29(13-7-26)33-43-30(21-31(44-33)28-10-8-27(24-38)9-11-28)23-37-17-14-34(15-18-37)41-19-20-42-34/h6-13,30-31,33,38H,2-5,14-24H2,1H3,(H,35,39)(H,36,40)/t30-,31+,33+/m1/s1. The van der Waals surface area contributed by atoms with E-state index in [0.29, 0.717) is 32.7 Å². The molecular formula is C34H47N3O7. The molecule has 240 valence electrons. The summed E-state index contributed by atoms with van der Waals surface area (Å²) in [5.41, 5.74) is 3.89. The number of unbranched alkanes of at least 4 members (excludes halogenated alkanes) is 2. The van der Waals surface area contributed by atoms with Crippen LogP contribution in [-0.2, 0) is 41.7 Å². The Kier molecular flexibility index (Phi) is 11.8. The third-order valence-electron chi connectivity index (χ3n) is 8.70. The van der Waals surface area contributed by atoms with Crippen molar-refractivity contribution in [2.45, 2.75) is 89.3 Å². The van der Waals surface area contributed by atoms with Crippen LogP contribution in [0.3, 0.4) is 0 Å². The SMILES string of the molecule is CC(=O)NCCCCCC(=O)NCc1ccc([C@H]2O[C@@H](CN3CCC4(CC3)OCCO4)C[C@@H](c3ccc(CO)cc3)O2)cc1. The van der Waals surface area contributed by atoms with Crippen molar-refractivity contribution in [3.8, 4) is 0 Å². The zero-order valence-electron chi connectivity index (χ0n) is 25.8. The van der Waals surface area contributed by atoms with E-state index >= 15 is 0 Å². The van der Waals surface area contributed by atoms with Gasteiger partial charge < -0.3 is 39.6 Å². The van der Waals surface area contributed by atoms with Gasteiger partial charge in [-0.3, -0.25) is 9.59 Å². The summed E-state index contributed by atoms with van der Waals surface area (Å²) < 4.78 is 24.9. The van der Waals surface area contributed by atoms with Gasteiger partial charge in [0.15, 0.2) is 12.1 Å². The maximum atomic E-state index is 12.3. The van der Waals surface area contributed by atoms with Gasteiger partial charge in [0, 0.05) is 70.9 Å². The number of benzene rings is 2. The van der Waals surface area contributed by atoms with Crippen molar-refractivity contribution in [2.75, 3.05) is 39.4 Å². The van der Waals surface area contributed by atoms with Gasteiger partial charge in [0.1, 0.15) is 0 Å². The van der Waals surface area contributed by atoms with Crippen LogP contribution in [0.1, 0.15) is 86.5 Å². The van der Waals surface area contributed by atoms with Crippen molar-refractivity contribution < 1.29 is 33.6 Å². The van der Waals surface area contributed by atoms with Gasteiger partial charge in [-0.1, -0.05) is 55.0 Å². The first-order valence-electron chi connectivity index (χ1n) is 16.0. The quantitative estimate of drug-likeness (QED) is 0.293. The first-order valence-corrected chi connectivity index (χ1v) is 16.0. The molecule has 1 spiro atoms. The second kappa shape index (κ2) is 15.9. The van der Waals surface area contributed by atoms with E-state index in [1.165, 1.54) is 6.92 Å². The molecule has 0 aromatic heterocycles. The zero-order chi connectivity index (χ0) is 30.8. The molecule has 3 aliphatic rings. The first-order chi connectivity index (χ1) is 21.4. The van der Waals surface area contributed by atoms with Crippen molar-refractivity contribution in [2.24, 2.45) is 0 Å². The fourth-order valence-electron chi connectivity index (χ4n) is 6.12. The molecule has 5 rings (SSSR count). The van der Waals surface area contributed by atoms with Gasteiger partial charge in [0.2, 0.25) is 11.8 Å². The van der Waals surface area contributed by atoms with Crippen molar-refractivity contribution in [3.05, 3.63) is 70.8 Å². The van der Waals surface area contributed by atoms with Crippen LogP contribution in [0, 0.1) is 0 Å². The van der Waals surface area contributed by atoms with Crippen molar-refractivity contribution in [1.82, 2.24) is 15.5 Å². The number of amides is 2. The third kappa shape index (κ3) is 9.32. The average molecular weight is 610 g/mol. The van der Waals surface area contributed by atoms with Crippen molar-refractivity contribution >= 4 is 11.8 Å². The topological polar surface area (TPSA) is 119 Å². The molecule has 44 heavy (non-hydrogen) atoms. The van der Waals surface area contributed by atoms with Gasteiger partial charge in [0.05, 0.1) is 32.0 Å². The van der Waals surface area contributed by atoms with Crippen molar-refractivity contribution in [3.63, 3.8) is 0 Å². The minimum Gasteiger partial charge on any atom is -0.392 e. The number of aliphatic hydroxyl groups is 1. The largest absolute Gasteiger partial charge is 0.392 e. The van der Waals surface area contributed by atoms with Crippen LogP contribution in [0.5, 0.6) is 0 Å². The monoisotopic (exact) mass is 609 g/mol. The molecule has 3 atom stereocenters. The van der Waals surface area contributed by atoms with Crippen LogP contribution in [0.2, 0.25) is 0 Å². The maximum Gasteiger partial charge on any atom is 0.220 e. The van der Waals surface area contributed by atoms with Crippen LogP contribution in [0.15, 0.2) is 48.5 Å². The highest BCUT2D eigenvalue weighted by Gasteiger charge is 2.41. The zero-order valence-corrected chi connectivity index (χ0v) is 25.8. The van der Waals surface area contributed by atoms with Gasteiger partial charge in [-0.05, 0) is 29.5 Å². The summed E-state index contributed by atoms with van der Waals surface area (Å²) >= 11 is 0. The molecular weight excluding hydrogens is 562 g/mol. The Hall–Kier alpha value is -2.86. The molecule has 3 N–H and O–H groups in total. The Balaban J connectivity index is 1.15. The molecule has 0 saturated carbocycles. The average Bonchev–Trinajstić information content (AvgIpc) is 3.51. The number of piperidine rings is 1. The summed E-state index contributed by atoms with van der Waals surface area (Å²) in [7, 11) is 0. The molecule has 10 heteroatoms. The lowest BCUT2D eigenvalue weighted by atomic mass is 9.98. The minimum absolute atomic E-state index is 0.0107. The van der Waals surface area contributed by atoms with E-state index in [0.717, 1.165) is 80.4 Å². The minimum atomic E-state index is -0.518. The van der Waals surface area contributed by atoms with Crippen LogP contribution in [-0.4, -0.2) is 73.1 Å². The Morgan fingerprint density at radius 3 is 2.25 bits per heavy atom. The third-order valence-corrected chi connectivity index (χ3v) is 8.70. The maximum absolute atomic E-state index is 12.3. The van der Waals surface area contributed by atoms with Crippen LogP contribution >= 0.6 is 0 Å². The number of carbonyl (C=O) groups excluding carboxylic acids is 2. The molecule has 2 aromatic rings. The van der Waals surface area contributed by atoms with Crippen molar-refractivity contribution in [1.29, 1.82) is 0 Å². The predicted octanol–water partition coefficient (Wildman–Crippen LogP) is 3.88. The molecule has 2 aromatic carbocycles. The Morgan fingerprint density at radius 1 is 0.886 bits per heavy atom. The number of ether oxygens (including phenoxy) is 4. The molecule has 10 nitrogen and oxygen atoms in total. The van der Waals surface area contributed by atoms with E-state index in [1.54, 1.807) is 0 Å². The second-order valence-electron chi connectivity index (χ2n) is 12.1. The lowest BCUT2D eigenvalue weighted by Gasteiger charge is -2.41. The molecule has 3 fully saturated rings. The van der Waals surface area contributed by atoms with Gasteiger partial charge in [-0.25, -0.2) is 0 Å². The molecule has 0 aliphatic carbocycles. The van der Waals surface area contributed by atoms with E-state index in [9.17, 15) is 14.7 Å². The lowest BCUT2D eigenvalue weighted by Crippen LogP contribution is -2.48. The Labute approximate surface area is 260 Å². The number of hydrogen-bond donors (Lipinski definition) is 3. The van der Waals surface area contributed by atoms with Gasteiger partial charge >= 0.3 is 0 Å². The van der Waals surface area contributed by atoms with Gasteiger partial charge in [0.25, 0.3) is 0 Å². The molecule has 2 amide bonds. The first kappa shape index (κ1) is 32.5. The molecule has 3 heterocycles. The van der Waals surface area contributed by atoms with E-state index in [2.05, 4.69) is 15.5 Å². The van der Waals surface area contributed by atoms with Crippen LogP contribution in [0.4, 0.5) is 0 Å². The Morgan fingerprint density at radius 2 is 1.57 bits per heavy atom. The van der Waals surface area contributed by atoms with E-state index in [4.69, 9.17) is 18.9 Å². The summed E-state index contributed by atoms with van der Waals surface area (Å²) in [5, 5.41) is 15.3. The number of nitrogens with one attached hydrogen (secondary N) is 2. The summed E-state index contributed by atoms with van der Waals surface area (Å²) in [6.07, 6.45) is 4.83. The second-order valence-corrected chi connectivity index (χ2v) is 12.1. The summed E-state index contributed by atoms with van der Waals surface area (Å²) in [6, 6.07) is 16.0. The van der Waals surface area contributed by atoms with E-state index in [-0.39, 0.29) is 30.6 Å². The van der Waals surface area contributed by atoms with E-state index in [1.807, 2.05) is 48.5 Å². The summed E-state index contributed by atoms with van der Waals surface area (Å²) in [4.78, 5) is 25.7. The summed E-state index contributed by atoms with van der Waals surface area (Å²) in [5.74, 6) is -0.396. The van der Waals surface area contributed by atoms with Gasteiger partial charge in [-0.15, -0.1) is 0 Å². The Bertz CT molecular complexity index is 1190. The highest BCUT2D eigenvalue weighted by atomic mass is 16.7. The number of likely N-dealkylation sites (tertiary alicyclic amines) is 1. The number of rotatable bonds is 13.